The number of halogens is 4. The van der Waals surface area contributed by atoms with Crippen molar-refractivity contribution in [3.63, 3.8) is 0 Å². The molecule has 11 heteroatoms. The van der Waals surface area contributed by atoms with E-state index < -0.39 is 39.5 Å². The second-order valence-electron chi connectivity index (χ2n) is 8.57. The molecular formula is C23H25F4N3O3S. The van der Waals surface area contributed by atoms with Crippen molar-refractivity contribution in [2.75, 3.05) is 19.6 Å². The maximum atomic E-state index is 14.6. The van der Waals surface area contributed by atoms with Crippen molar-refractivity contribution in [2.24, 2.45) is 0 Å². The van der Waals surface area contributed by atoms with Crippen LogP contribution in [0.2, 0.25) is 0 Å². The van der Waals surface area contributed by atoms with Crippen LogP contribution in [0.5, 0.6) is 0 Å². The number of sulfonamides is 1. The number of hydrogen-bond acceptors (Lipinski definition) is 4. The zero-order valence-corrected chi connectivity index (χ0v) is 19.1. The van der Waals surface area contributed by atoms with Crippen LogP contribution in [0.25, 0.3) is 0 Å². The van der Waals surface area contributed by atoms with Crippen molar-refractivity contribution in [1.82, 2.24) is 14.9 Å². The Hall–Kier alpha value is -2.50. The highest BCUT2D eigenvalue weighted by Crippen LogP contribution is 2.29. The summed E-state index contributed by atoms with van der Waals surface area (Å²) in [5.41, 5.74) is 0.540. The van der Waals surface area contributed by atoms with Crippen LogP contribution in [-0.2, 0) is 40.4 Å². The van der Waals surface area contributed by atoms with E-state index in [2.05, 4.69) is 10.0 Å². The summed E-state index contributed by atoms with van der Waals surface area (Å²) in [5, 5.41) is 3.03. The van der Waals surface area contributed by atoms with Crippen molar-refractivity contribution >= 4 is 15.9 Å². The van der Waals surface area contributed by atoms with Gasteiger partial charge in [0, 0.05) is 25.2 Å². The van der Waals surface area contributed by atoms with Gasteiger partial charge in [0.15, 0.2) is 0 Å². The largest absolute Gasteiger partial charge is 0.416 e. The molecule has 0 radical (unpaired) electrons. The number of carbonyl (C=O) groups is 1. The zero-order chi connectivity index (χ0) is 24.5. The molecule has 2 N–H and O–H groups in total. The lowest BCUT2D eigenvalue weighted by Gasteiger charge is -2.25. The third kappa shape index (κ3) is 5.42. The van der Waals surface area contributed by atoms with Gasteiger partial charge < -0.3 is 10.2 Å². The molecular weight excluding hydrogens is 474 g/mol. The number of hydrogen-bond donors (Lipinski definition) is 2. The highest BCUT2D eigenvalue weighted by molar-refractivity contribution is 7.89. The van der Waals surface area contributed by atoms with E-state index in [0.717, 1.165) is 31.0 Å². The molecule has 1 saturated heterocycles. The zero-order valence-electron chi connectivity index (χ0n) is 18.3. The first-order valence-corrected chi connectivity index (χ1v) is 12.5. The van der Waals surface area contributed by atoms with Crippen LogP contribution in [-0.4, -0.2) is 44.9 Å². The number of alkyl halides is 3. The summed E-state index contributed by atoms with van der Waals surface area (Å²) in [6.07, 6.45) is -2.59. The lowest BCUT2D eigenvalue weighted by molar-refractivity contribution is -0.137. The molecule has 1 unspecified atom stereocenters. The molecule has 0 saturated carbocycles. The minimum absolute atomic E-state index is 0.135. The van der Waals surface area contributed by atoms with E-state index in [0.29, 0.717) is 49.3 Å². The number of nitrogens with one attached hydrogen (secondary N) is 2. The van der Waals surface area contributed by atoms with Gasteiger partial charge in [-0.05, 0) is 67.6 Å². The Morgan fingerprint density at radius 2 is 1.79 bits per heavy atom. The average Bonchev–Trinajstić information content (AvgIpc) is 3.33. The molecule has 1 fully saturated rings. The first-order chi connectivity index (χ1) is 16.0. The molecule has 4 rings (SSSR count). The average molecular weight is 500 g/mol. The van der Waals surface area contributed by atoms with Gasteiger partial charge >= 0.3 is 6.18 Å². The molecule has 1 amide bonds. The van der Waals surface area contributed by atoms with Gasteiger partial charge in [0.05, 0.1) is 10.5 Å². The molecule has 184 valence electrons. The summed E-state index contributed by atoms with van der Waals surface area (Å²) in [4.78, 5) is 14.4. The number of carbonyl (C=O) groups excluding carboxylic acids is 1. The molecule has 0 spiro atoms. The van der Waals surface area contributed by atoms with E-state index >= 15 is 0 Å². The monoisotopic (exact) mass is 499 g/mol. The van der Waals surface area contributed by atoms with Gasteiger partial charge in [-0.3, -0.25) is 4.79 Å². The molecule has 34 heavy (non-hydrogen) atoms. The Morgan fingerprint density at radius 1 is 1.12 bits per heavy atom. The highest BCUT2D eigenvalue weighted by atomic mass is 32.2. The Labute approximate surface area is 195 Å². The SMILES string of the molecule is O=C(C(Cc1ccc(C(F)(F)F)cc1)NS(=O)(=O)c1cc(F)c2c(c1)CCNC2)N1CCCC1. The van der Waals surface area contributed by atoms with Crippen LogP contribution in [0.4, 0.5) is 17.6 Å². The van der Waals surface area contributed by atoms with Crippen LogP contribution >= 0.6 is 0 Å². The molecule has 2 aliphatic rings. The van der Waals surface area contributed by atoms with Crippen molar-refractivity contribution < 1.29 is 30.8 Å². The number of nitrogens with zero attached hydrogens (tertiary/aromatic N) is 1. The summed E-state index contributed by atoms with van der Waals surface area (Å²) < 4.78 is 82.0. The quantitative estimate of drug-likeness (QED) is 0.599. The van der Waals surface area contributed by atoms with Crippen LogP contribution in [0.1, 0.15) is 35.1 Å². The molecule has 2 aromatic rings. The van der Waals surface area contributed by atoms with Crippen LogP contribution in [0, 0.1) is 5.82 Å². The Morgan fingerprint density at radius 3 is 2.44 bits per heavy atom. The fourth-order valence-electron chi connectivity index (χ4n) is 4.34. The number of benzene rings is 2. The van der Waals surface area contributed by atoms with Gasteiger partial charge in [0.1, 0.15) is 11.9 Å². The minimum Gasteiger partial charge on any atom is -0.341 e. The Balaban J connectivity index is 1.61. The number of fused-ring (bicyclic) bond motifs is 1. The van der Waals surface area contributed by atoms with Crippen LogP contribution < -0.4 is 10.0 Å². The maximum Gasteiger partial charge on any atom is 0.416 e. The topological polar surface area (TPSA) is 78.5 Å². The van der Waals surface area contributed by atoms with Gasteiger partial charge in [0.2, 0.25) is 15.9 Å². The van der Waals surface area contributed by atoms with Gasteiger partial charge in [-0.15, -0.1) is 0 Å². The second kappa shape index (κ2) is 9.63. The van der Waals surface area contributed by atoms with Gasteiger partial charge in [-0.2, -0.15) is 17.9 Å². The lowest BCUT2D eigenvalue weighted by Crippen LogP contribution is -2.48. The summed E-state index contributed by atoms with van der Waals surface area (Å²) in [5.74, 6) is -1.10. The summed E-state index contributed by atoms with van der Waals surface area (Å²) >= 11 is 0. The fourth-order valence-corrected chi connectivity index (χ4v) is 5.59. The van der Waals surface area contributed by atoms with E-state index in [-0.39, 0.29) is 11.3 Å². The number of rotatable bonds is 6. The summed E-state index contributed by atoms with van der Waals surface area (Å²) in [6.45, 7) is 1.85. The van der Waals surface area contributed by atoms with Crippen molar-refractivity contribution in [2.45, 2.75) is 49.3 Å². The minimum atomic E-state index is -4.50. The predicted molar refractivity (Wildman–Crippen MR) is 117 cm³/mol. The molecule has 0 aliphatic carbocycles. The van der Waals surface area contributed by atoms with E-state index in [1.807, 2.05) is 0 Å². The molecule has 6 nitrogen and oxygen atoms in total. The van der Waals surface area contributed by atoms with Crippen molar-refractivity contribution in [3.8, 4) is 0 Å². The Bertz CT molecular complexity index is 1160. The first-order valence-electron chi connectivity index (χ1n) is 11.0. The number of amides is 1. The molecule has 1 atom stereocenters. The smallest absolute Gasteiger partial charge is 0.341 e. The summed E-state index contributed by atoms with van der Waals surface area (Å²) in [7, 11) is -4.28. The van der Waals surface area contributed by atoms with Crippen LogP contribution in [0.3, 0.4) is 0 Å². The second-order valence-corrected chi connectivity index (χ2v) is 10.3. The molecule has 0 bridgehead atoms. The molecule has 2 aliphatic heterocycles. The first kappa shape index (κ1) is 24.6. The number of likely N-dealkylation sites (tertiary alicyclic amines) is 1. The lowest BCUT2D eigenvalue weighted by atomic mass is 10.0. The maximum absolute atomic E-state index is 14.6. The van der Waals surface area contributed by atoms with Gasteiger partial charge in [0.25, 0.3) is 0 Å². The predicted octanol–water partition coefficient (Wildman–Crippen LogP) is 3.00. The van der Waals surface area contributed by atoms with Crippen LogP contribution in [0.15, 0.2) is 41.3 Å². The fraction of sp³-hybridized carbons (Fsp3) is 0.435. The molecule has 2 aromatic carbocycles. The molecule has 2 heterocycles. The van der Waals surface area contributed by atoms with Crippen molar-refractivity contribution in [1.29, 1.82) is 0 Å². The summed E-state index contributed by atoms with van der Waals surface area (Å²) in [6, 6.07) is 5.36. The Kier molecular flexibility index (Phi) is 6.97. The third-order valence-corrected chi connectivity index (χ3v) is 7.63. The normalized spacial score (nSPS) is 17.5. The van der Waals surface area contributed by atoms with E-state index in [1.54, 1.807) is 0 Å². The van der Waals surface area contributed by atoms with E-state index in [4.69, 9.17) is 0 Å². The van der Waals surface area contributed by atoms with E-state index in [9.17, 15) is 30.8 Å². The van der Waals surface area contributed by atoms with Gasteiger partial charge in [-0.25, -0.2) is 12.8 Å². The molecule has 0 aromatic heterocycles. The van der Waals surface area contributed by atoms with E-state index in [1.165, 1.54) is 23.1 Å². The van der Waals surface area contributed by atoms with Gasteiger partial charge in [-0.1, -0.05) is 12.1 Å². The van der Waals surface area contributed by atoms with Crippen molar-refractivity contribution in [3.05, 3.63) is 64.5 Å². The third-order valence-electron chi connectivity index (χ3n) is 6.18. The standard InChI is InChI=1S/C23H25F4N3O3S/c24-20-13-18(12-16-7-8-28-14-19(16)20)34(32,33)29-21(22(31)30-9-1-2-10-30)11-15-3-5-17(6-4-15)23(25,26)27/h3-6,12-13,21,28-29H,1-2,7-11,14H2. The highest BCUT2D eigenvalue weighted by Gasteiger charge is 2.33.